The molecule has 15 nitrogen and oxygen atoms in total. The molecule has 150 heavy (non-hydrogen) atoms. The van der Waals surface area contributed by atoms with E-state index in [0.717, 1.165) is 112 Å². The Morgan fingerprint density at radius 3 is 0.653 bits per heavy atom. The molecule has 0 unspecified atom stereocenters. The monoisotopic (exact) mass is 1920 g/mol. The van der Waals surface area contributed by atoms with Crippen LogP contribution < -0.4 is 0 Å². The lowest BCUT2D eigenvalue weighted by molar-refractivity contribution is 1.07. The molecule has 30 aromatic rings. The van der Waals surface area contributed by atoms with Crippen molar-refractivity contribution in [2.45, 2.75) is 0 Å². The Morgan fingerprint density at radius 2 is 0.320 bits per heavy atom. The maximum Gasteiger partial charge on any atom is 0.164 e. The third-order valence-electron chi connectivity index (χ3n) is 28.7. The summed E-state index contributed by atoms with van der Waals surface area (Å²) in [5, 5.41) is 14.7. The van der Waals surface area contributed by atoms with Gasteiger partial charge in [-0.25, -0.2) is 44.9 Å². The zero-order chi connectivity index (χ0) is 99.1. The van der Waals surface area contributed by atoms with Gasteiger partial charge in [0.2, 0.25) is 0 Å². The van der Waals surface area contributed by atoms with Crippen LogP contribution in [-0.4, -0.2) is 72.3 Å². The summed E-state index contributed by atoms with van der Waals surface area (Å²) < 4.78 is 14.4. The van der Waals surface area contributed by atoms with E-state index in [1.165, 1.54) is 103 Å². The number of fused-ring (bicyclic) bond motifs is 20. The Morgan fingerprint density at radius 1 is 0.107 bits per heavy atom. The van der Waals surface area contributed by atoms with Crippen LogP contribution in [0.4, 0.5) is 0 Å². The highest BCUT2D eigenvalue weighted by atomic mass is 15.1. The maximum atomic E-state index is 5.02. The fourth-order valence-corrected chi connectivity index (χ4v) is 22.0. The van der Waals surface area contributed by atoms with Gasteiger partial charge in [-0.3, -0.25) is 0 Å². The summed E-state index contributed by atoms with van der Waals surface area (Å²) in [4.78, 5) is 44.7. The largest absolute Gasteiger partial charge is 0.309 e. The number of benzene rings is 21. The Balaban J connectivity index is 0.000000108. The van der Waals surface area contributed by atoms with Gasteiger partial charge >= 0.3 is 0 Å². The fraction of sp³-hybridized carbons (Fsp3) is 0. The topological polar surface area (TPSA) is 146 Å². The fourth-order valence-electron chi connectivity index (χ4n) is 22.0. The van der Waals surface area contributed by atoms with Crippen LogP contribution in [0.1, 0.15) is 0 Å². The van der Waals surface area contributed by atoms with Crippen molar-refractivity contribution in [3.63, 3.8) is 0 Å². The van der Waals surface area contributed by atoms with Crippen molar-refractivity contribution in [2.24, 2.45) is 0 Å². The van der Waals surface area contributed by atoms with Gasteiger partial charge in [-0.1, -0.05) is 388 Å². The van der Waals surface area contributed by atoms with Gasteiger partial charge in [-0.2, -0.15) is 0 Å². The average Bonchev–Trinajstić information content (AvgIpc) is 1.54. The zero-order valence-corrected chi connectivity index (χ0v) is 80.9. The van der Waals surface area contributed by atoms with Gasteiger partial charge in [0.15, 0.2) is 52.4 Å². The molecule has 0 radical (unpaired) electrons. The quantitative estimate of drug-likeness (QED) is 0.0979. The molecule has 0 aliphatic carbocycles. The number of hydrogen-bond acceptors (Lipinski definition) is 9. The molecule has 21 aromatic carbocycles. The summed E-state index contributed by atoms with van der Waals surface area (Å²) in [7, 11) is 0. The number of aromatic nitrogens is 15. The normalized spacial score (nSPS) is 11.6. The minimum Gasteiger partial charge on any atom is -0.309 e. The number of para-hydroxylation sites is 9. The van der Waals surface area contributed by atoms with Crippen molar-refractivity contribution in [3.05, 3.63) is 528 Å². The predicted octanol–water partition coefficient (Wildman–Crippen LogP) is 33.2. The van der Waals surface area contributed by atoms with E-state index in [9.17, 15) is 0 Å². The zero-order valence-electron chi connectivity index (χ0n) is 80.9. The van der Waals surface area contributed by atoms with E-state index in [-0.39, 0.29) is 0 Å². The molecule has 30 rings (SSSR count). The van der Waals surface area contributed by atoms with Crippen molar-refractivity contribution >= 4 is 131 Å². The van der Waals surface area contributed by atoms with E-state index in [0.29, 0.717) is 52.4 Å². The minimum atomic E-state index is 0.631. The molecule has 9 aromatic heterocycles. The molecule has 15 heteroatoms. The molecule has 0 saturated heterocycles. The molecule has 702 valence electrons. The van der Waals surface area contributed by atoms with Crippen molar-refractivity contribution in [3.8, 4) is 137 Å². The highest BCUT2D eigenvalue weighted by Gasteiger charge is 2.28. The van der Waals surface area contributed by atoms with Gasteiger partial charge in [0.25, 0.3) is 0 Å². The van der Waals surface area contributed by atoms with E-state index < -0.39 is 0 Å². The highest BCUT2D eigenvalue weighted by molar-refractivity contribution is 6.27. The van der Waals surface area contributed by atoms with Crippen LogP contribution in [0.5, 0.6) is 0 Å². The summed E-state index contributed by atoms with van der Waals surface area (Å²) in [5.74, 6) is 5.78. The van der Waals surface area contributed by atoms with Crippen LogP contribution >= 0.6 is 0 Å². The van der Waals surface area contributed by atoms with Crippen molar-refractivity contribution in [1.29, 1.82) is 0 Å². The summed E-state index contributed by atoms with van der Waals surface area (Å²) in [6.45, 7) is 0. The highest BCUT2D eigenvalue weighted by Crippen LogP contribution is 2.48. The molecule has 0 aliphatic rings. The molecular formula is C135H87N15. The average molecular weight is 1920 g/mol. The lowest BCUT2D eigenvalue weighted by atomic mass is 10.1. The lowest BCUT2D eigenvalue weighted by Crippen LogP contribution is -2.01. The predicted molar refractivity (Wildman–Crippen MR) is 614 cm³/mol. The first-order valence-corrected chi connectivity index (χ1v) is 50.4. The molecule has 0 bridgehead atoms. The Hall–Kier alpha value is -20.6. The van der Waals surface area contributed by atoms with Crippen LogP contribution in [0.25, 0.3) is 267 Å². The minimum absolute atomic E-state index is 0.631. The van der Waals surface area contributed by atoms with E-state index in [2.05, 4.69) is 373 Å². The summed E-state index contributed by atoms with van der Waals surface area (Å²) in [6.07, 6.45) is 0. The number of hydrogen-bond donors (Lipinski definition) is 0. The van der Waals surface area contributed by atoms with Gasteiger partial charge in [-0.05, 0) is 140 Å². The van der Waals surface area contributed by atoms with Gasteiger partial charge in [0.05, 0.1) is 66.2 Å². The molecular weight excluding hydrogens is 1830 g/mol. The number of nitrogens with zero attached hydrogens (tertiary/aromatic N) is 15. The SMILES string of the molecule is c1ccc(-c2nc(-c3ccccc3)nc(-c3ccc(-n4c5ccccc5c5ccc6c7ccccc7n(-c7ccccc7)c6c54)cc3)n2)cc1.c1ccc(-c2nc(-c3ccccc3)nc(-c3cccc(-n4c5ccccc5c5c4ccc4c6ccccc6n(-c6ccccc6)c45)c3)n2)cc1.c1ccc(-c2nc(-c3ccccc3)nc(-c3cccc(-n4c5ccccc5c5cc6c7ccccc7n(-c7ccccc7)c6cc54)c3)n2)cc1. The van der Waals surface area contributed by atoms with Gasteiger partial charge in [-0.15, -0.1) is 0 Å². The van der Waals surface area contributed by atoms with Crippen LogP contribution in [0.2, 0.25) is 0 Å². The molecule has 0 fully saturated rings. The second kappa shape index (κ2) is 37.0. The smallest absolute Gasteiger partial charge is 0.164 e. The number of rotatable bonds is 15. The van der Waals surface area contributed by atoms with Gasteiger partial charge < -0.3 is 27.4 Å². The van der Waals surface area contributed by atoms with E-state index in [1.54, 1.807) is 0 Å². The molecule has 9 heterocycles. The lowest BCUT2D eigenvalue weighted by Gasteiger charge is -2.13. The first-order chi connectivity index (χ1) is 74.4. The molecule has 0 N–H and O–H groups in total. The van der Waals surface area contributed by atoms with E-state index in [4.69, 9.17) is 44.9 Å². The third kappa shape index (κ3) is 15.3. The van der Waals surface area contributed by atoms with E-state index >= 15 is 0 Å². The van der Waals surface area contributed by atoms with Crippen molar-refractivity contribution < 1.29 is 0 Å². The van der Waals surface area contributed by atoms with Crippen molar-refractivity contribution in [2.75, 3.05) is 0 Å². The second-order valence-corrected chi connectivity index (χ2v) is 37.5. The van der Waals surface area contributed by atoms with Gasteiger partial charge in [0.1, 0.15) is 0 Å². The Labute approximate surface area is 861 Å². The van der Waals surface area contributed by atoms with Crippen LogP contribution in [0.3, 0.4) is 0 Å². The van der Waals surface area contributed by atoms with Crippen LogP contribution in [0, 0.1) is 0 Å². The molecule has 0 saturated carbocycles. The van der Waals surface area contributed by atoms with Crippen molar-refractivity contribution in [1.82, 2.24) is 72.3 Å². The molecule has 0 atom stereocenters. The second-order valence-electron chi connectivity index (χ2n) is 37.5. The first-order valence-electron chi connectivity index (χ1n) is 50.4. The standard InChI is InChI=1S/3C45H29N5/c1-4-15-30(16-5-1)43-46-44(31-17-6-2-7-18-31)48-45(47-43)32-19-14-22-34(27-32)50-40-26-13-11-24-36(40)38-28-37-35-23-10-12-25-39(35)49(41(37)29-42(38)50)33-20-8-3-9-21-33;1-4-15-30(16-5-1)43-46-44(31-17-6-2-7-18-31)48-45(47-43)32-19-14-22-34(29-32)49-39-26-13-11-24-37(39)41-40(49)28-27-36-35-23-10-12-25-38(35)50(42(36)41)33-20-8-3-9-21-33;1-4-14-30(15-5-1)43-46-44(31-16-6-2-7-17-31)48-45(47-43)32-24-26-34(27-25-32)50-40-23-13-11-21-36(40)38-29-28-37-35-20-10-12-22-39(35)49(41(37)42(38)50)33-18-8-3-9-19-33/h3*1-29H. The van der Waals surface area contributed by atoms with Crippen LogP contribution in [-0.2, 0) is 0 Å². The molecule has 0 aliphatic heterocycles. The van der Waals surface area contributed by atoms with Crippen LogP contribution in [0.15, 0.2) is 528 Å². The summed E-state index contributed by atoms with van der Waals surface area (Å²) >= 11 is 0. The maximum absolute atomic E-state index is 5.02. The summed E-state index contributed by atoms with van der Waals surface area (Å²) in [5.41, 5.74) is 29.1. The Bertz CT molecular complexity index is 10100. The van der Waals surface area contributed by atoms with Gasteiger partial charge in [0, 0.05) is 149 Å². The third-order valence-corrected chi connectivity index (χ3v) is 28.7. The van der Waals surface area contributed by atoms with E-state index in [1.807, 2.05) is 182 Å². The first kappa shape index (κ1) is 87.3. The summed E-state index contributed by atoms with van der Waals surface area (Å²) in [6, 6.07) is 184. The molecule has 0 amide bonds. The molecule has 0 spiro atoms. The Kier molecular flexibility index (Phi) is 21.5.